The molecule has 0 aliphatic rings. The van der Waals surface area contributed by atoms with E-state index in [1.54, 1.807) is 23.5 Å². The van der Waals surface area contributed by atoms with Crippen LogP contribution in [0.1, 0.15) is 16.3 Å². The van der Waals surface area contributed by atoms with Crippen molar-refractivity contribution in [3.05, 3.63) is 64.6 Å². The summed E-state index contributed by atoms with van der Waals surface area (Å²) in [6, 6.07) is 12.7. The van der Waals surface area contributed by atoms with Crippen molar-refractivity contribution in [1.82, 2.24) is 10.5 Å². The Labute approximate surface area is 126 Å². The molecule has 0 aliphatic heterocycles. The number of rotatable bonds is 5. The van der Waals surface area contributed by atoms with Crippen LogP contribution in [0.4, 0.5) is 4.39 Å². The van der Waals surface area contributed by atoms with Gasteiger partial charge < -0.3 is 9.84 Å². The summed E-state index contributed by atoms with van der Waals surface area (Å²) in [5.41, 5.74) is 1.95. The molecule has 3 nitrogen and oxygen atoms in total. The molecule has 0 saturated carbocycles. The second kappa shape index (κ2) is 6.20. The molecule has 1 aromatic carbocycles. The molecule has 0 atom stereocenters. The molecule has 108 valence electrons. The summed E-state index contributed by atoms with van der Waals surface area (Å²) in [6.45, 7) is 3.34. The van der Waals surface area contributed by atoms with E-state index in [0.29, 0.717) is 6.54 Å². The van der Waals surface area contributed by atoms with Crippen molar-refractivity contribution in [1.29, 1.82) is 0 Å². The normalized spacial score (nSPS) is 11.0. The molecule has 5 heteroatoms. The monoisotopic (exact) mass is 302 g/mol. The minimum absolute atomic E-state index is 0.208. The van der Waals surface area contributed by atoms with Gasteiger partial charge in [0.1, 0.15) is 11.6 Å². The quantitative estimate of drug-likeness (QED) is 0.769. The van der Waals surface area contributed by atoms with Crippen molar-refractivity contribution in [2.24, 2.45) is 0 Å². The Balaban J connectivity index is 1.59. The highest BCUT2D eigenvalue weighted by molar-refractivity contribution is 7.15. The molecule has 0 fully saturated rings. The molecule has 1 N–H and O–H groups in total. The van der Waals surface area contributed by atoms with Crippen molar-refractivity contribution in [3.63, 3.8) is 0 Å². The lowest BCUT2D eigenvalue weighted by atomic mass is 10.2. The molecule has 21 heavy (non-hydrogen) atoms. The number of benzene rings is 1. The average molecular weight is 302 g/mol. The molecule has 0 amide bonds. The second-order valence-electron chi connectivity index (χ2n) is 4.81. The maximum Gasteiger partial charge on any atom is 0.133 e. The van der Waals surface area contributed by atoms with Crippen LogP contribution in [0.2, 0.25) is 0 Å². The van der Waals surface area contributed by atoms with Crippen LogP contribution >= 0.6 is 11.3 Å². The molecule has 3 rings (SSSR count). The van der Waals surface area contributed by atoms with Gasteiger partial charge in [0.05, 0.1) is 5.69 Å². The lowest BCUT2D eigenvalue weighted by Crippen LogP contribution is -2.11. The summed E-state index contributed by atoms with van der Waals surface area (Å²) in [5, 5.41) is 7.27. The van der Waals surface area contributed by atoms with E-state index in [1.165, 1.54) is 17.0 Å². The van der Waals surface area contributed by atoms with Crippen LogP contribution < -0.4 is 5.32 Å². The molecule has 3 aromatic rings. The SMILES string of the molecule is Cc1cc(CNCc2ccc(-c3ccc(F)cc3)s2)no1. The first-order valence-electron chi connectivity index (χ1n) is 6.68. The summed E-state index contributed by atoms with van der Waals surface area (Å²) in [7, 11) is 0. The first kappa shape index (κ1) is 14.0. The molecule has 2 heterocycles. The third kappa shape index (κ3) is 3.56. The van der Waals surface area contributed by atoms with Crippen LogP contribution in [0.5, 0.6) is 0 Å². The number of hydrogen-bond donors (Lipinski definition) is 1. The number of aromatic nitrogens is 1. The molecule has 0 saturated heterocycles. The van der Waals surface area contributed by atoms with E-state index in [0.717, 1.165) is 28.4 Å². The van der Waals surface area contributed by atoms with E-state index in [-0.39, 0.29) is 5.82 Å². The Morgan fingerprint density at radius 2 is 1.95 bits per heavy atom. The van der Waals surface area contributed by atoms with Crippen LogP contribution in [-0.4, -0.2) is 5.16 Å². The number of halogens is 1. The molecule has 0 spiro atoms. The van der Waals surface area contributed by atoms with E-state index in [4.69, 9.17) is 4.52 Å². The third-order valence-electron chi connectivity index (χ3n) is 3.07. The lowest BCUT2D eigenvalue weighted by Gasteiger charge is -1.99. The molecule has 0 radical (unpaired) electrons. The van der Waals surface area contributed by atoms with Crippen molar-refractivity contribution in [2.45, 2.75) is 20.0 Å². The first-order valence-corrected chi connectivity index (χ1v) is 7.50. The zero-order valence-corrected chi connectivity index (χ0v) is 12.4. The summed E-state index contributed by atoms with van der Waals surface area (Å²) in [5.74, 6) is 0.613. The summed E-state index contributed by atoms with van der Waals surface area (Å²) in [4.78, 5) is 2.37. The standard InChI is InChI=1S/C16H15FN2OS/c1-11-8-14(19-20-11)9-18-10-15-6-7-16(21-15)12-2-4-13(17)5-3-12/h2-8,18H,9-10H2,1H3. The number of hydrogen-bond acceptors (Lipinski definition) is 4. The Hall–Kier alpha value is -1.98. The summed E-state index contributed by atoms with van der Waals surface area (Å²) in [6.07, 6.45) is 0. The van der Waals surface area contributed by atoms with Gasteiger partial charge in [0.2, 0.25) is 0 Å². The predicted octanol–water partition coefficient (Wildman–Crippen LogP) is 4.14. The fraction of sp³-hybridized carbons (Fsp3) is 0.188. The van der Waals surface area contributed by atoms with E-state index < -0.39 is 0 Å². The number of thiophene rings is 1. The number of nitrogens with one attached hydrogen (secondary N) is 1. The van der Waals surface area contributed by atoms with E-state index in [9.17, 15) is 4.39 Å². The Bertz CT molecular complexity index is 718. The van der Waals surface area contributed by atoms with Crippen LogP contribution in [0, 0.1) is 12.7 Å². The Kier molecular flexibility index (Phi) is 4.13. The van der Waals surface area contributed by atoms with Gasteiger partial charge in [0, 0.05) is 28.9 Å². The molecular weight excluding hydrogens is 287 g/mol. The minimum Gasteiger partial charge on any atom is -0.361 e. The van der Waals surface area contributed by atoms with Gasteiger partial charge >= 0.3 is 0 Å². The van der Waals surface area contributed by atoms with Crippen LogP contribution in [0.15, 0.2) is 47.0 Å². The fourth-order valence-corrected chi connectivity index (χ4v) is 3.04. The number of aryl methyl sites for hydroxylation is 1. The van der Waals surface area contributed by atoms with E-state index >= 15 is 0 Å². The first-order chi connectivity index (χ1) is 10.2. The van der Waals surface area contributed by atoms with Gasteiger partial charge in [-0.2, -0.15) is 0 Å². The fourth-order valence-electron chi connectivity index (χ4n) is 2.06. The van der Waals surface area contributed by atoms with Gasteiger partial charge in [-0.25, -0.2) is 4.39 Å². The molecular formula is C16H15FN2OS. The highest BCUT2D eigenvalue weighted by atomic mass is 32.1. The van der Waals surface area contributed by atoms with Crippen molar-refractivity contribution >= 4 is 11.3 Å². The van der Waals surface area contributed by atoms with E-state index in [1.807, 2.05) is 13.0 Å². The van der Waals surface area contributed by atoms with Crippen LogP contribution in [-0.2, 0) is 13.1 Å². The van der Waals surface area contributed by atoms with Gasteiger partial charge in [0.25, 0.3) is 0 Å². The number of nitrogens with zero attached hydrogens (tertiary/aromatic N) is 1. The topological polar surface area (TPSA) is 38.1 Å². The lowest BCUT2D eigenvalue weighted by molar-refractivity contribution is 0.388. The van der Waals surface area contributed by atoms with Gasteiger partial charge in [-0.15, -0.1) is 11.3 Å². The van der Waals surface area contributed by atoms with Crippen LogP contribution in [0.25, 0.3) is 10.4 Å². The molecule has 2 aromatic heterocycles. The highest BCUT2D eigenvalue weighted by Crippen LogP contribution is 2.28. The summed E-state index contributed by atoms with van der Waals surface area (Å²) < 4.78 is 17.9. The van der Waals surface area contributed by atoms with Gasteiger partial charge in [-0.1, -0.05) is 17.3 Å². The van der Waals surface area contributed by atoms with Crippen molar-refractivity contribution in [3.8, 4) is 10.4 Å². The highest BCUT2D eigenvalue weighted by Gasteiger charge is 2.04. The van der Waals surface area contributed by atoms with Gasteiger partial charge in [0.15, 0.2) is 0 Å². The average Bonchev–Trinajstić information content (AvgIpc) is 3.09. The van der Waals surface area contributed by atoms with Gasteiger partial charge in [-0.3, -0.25) is 0 Å². The largest absolute Gasteiger partial charge is 0.361 e. The predicted molar refractivity (Wildman–Crippen MR) is 81.5 cm³/mol. The van der Waals surface area contributed by atoms with Crippen LogP contribution in [0.3, 0.4) is 0 Å². The Morgan fingerprint density at radius 1 is 1.14 bits per heavy atom. The zero-order chi connectivity index (χ0) is 14.7. The minimum atomic E-state index is -0.208. The van der Waals surface area contributed by atoms with Gasteiger partial charge in [-0.05, 0) is 36.8 Å². The van der Waals surface area contributed by atoms with Crippen molar-refractivity contribution in [2.75, 3.05) is 0 Å². The second-order valence-corrected chi connectivity index (χ2v) is 5.97. The zero-order valence-electron chi connectivity index (χ0n) is 11.6. The smallest absolute Gasteiger partial charge is 0.133 e. The maximum absolute atomic E-state index is 12.9. The summed E-state index contributed by atoms with van der Waals surface area (Å²) >= 11 is 1.70. The molecule has 0 aliphatic carbocycles. The maximum atomic E-state index is 12.9. The Morgan fingerprint density at radius 3 is 2.67 bits per heavy atom. The molecule has 0 bridgehead atoms. The van der Waals surface area contributed by atoms with E-state index in [2.05, 4.69) is 22.6 Å². The van der Waals surface area contributed by atoms with Crippen molar-refractivity contribution < 1.29 is 8.91 Å². The third-order valence-corrected chi connectivity index (χ3v) is 4.21. The molecule has 0 unspecified atom stereocenters.